The molecule has 9 heavy (non-hydrogen) atoms. The summed E-state index contributed by atoms with van der Waals surface area (Å²) in [6.07, 6.45) is 2.12. The van der Waals surface area contributed by atoms with E-state index in [2.05, 4.69) is 11.6 Å². The van der Waals surface area contributed by atoms with Gasteiger partial charge < -0.3 is 10.1 Å². The molecule has 1 saturated heterocycles. The maximum absolute atomic E-state index is 5.00. The van der Waals surface area contributed by atoms with Crippen molar-refractivity contribution in [3.05, 3.63) is 0 Å². The van der Waals surface area contributed by atoms with Crippen molar-refractivity contribution in [1.29, 1.82) is 0 Å². The van der Waals surface area contributed by atoms with Crippen molar-refractivity contribution in [2.24, 2.45) is 0 Å². The molecule has 0 aromatic heterocycles. The van der Waals surface area contributed by atoms with Crippen LogP contribution in [0, 0.1) is 0 Å². The maximum Gasteiger partial charge on any atom is 0.0643 e. The van der Waals surface area contributed by atoms with Crippen molar-refractivity contribution >= 4 is 11.8 Å². The fourth-order valence-electron chi connectivity index (χ4n) is 0.719. The third-order valence-corrected chi connectivity index (χ3v) is 1.99. The minimum atomic E-state index is 0.650. The SMILES string of the molecule is CSCCNC1COC1. The summed E-state index contributed by atoms with van der Waals surface area (Å²) in [5.74, 6) is 1.20. The number of hydrogen-bond acceptors (Lipinski definition) is 3. The molecule has 0 saturated carbocycles. The molecule has 0 aromatic carbocycles. The number of rotatable bonds is 4. The van der Waals surface area contributed by atoms with Gasteiger partial charge >= 0.3 is 0 Å². The van der Waals surface area contributed by atoms with Gasteiger partial charge in [-0.1, -0.05) is 0 Å². The van der Waals surface area contributed by atoms with Crippen LogP contribution >= 0.6 is 11.8 Å². The molecule has 0 spiro atoms. The Morgan fingerprint density at radius 3 is 2.89 bits per heavy atom. The second-order valence-electron chi connectivity index (χ2n) is 2.18. The van der Waals surface area contributed by atoms with E-state index in [9.17, 15) is 0 Å². The normalized spacial score (nSPS) is 19.7. The summed E-state index contributed by atoms with van der Waals surface area (Å²) in [6.45, 7) is 2.94. The summed E-state index contributed by atoms with van der Waals surface area (Å²) < 4.78 is 5.00. The van der Waals surface area contributed by atoms with E-state index >= 15 is 0 Å². The van der Waals surface area contributed by atoms with Gasteiger partial charge in [-0.15, -0.1) is 0 Å². The van der Waals surface area contributed by atoms with E-state index in [4.69, 9.17) is 4.74 Å². The van der Waals surface area contributed by atoms with Gasteiger partial charge in [0.15, 0.2) is 0 Å². The van der Waals surface area contributed by atoms with Crippen molar-refractivity contribution in [2.45, 2.75) is 6.04 Å². The number of thioether (sulfide) groups is 1. The highest BCUT2D eigenvalue weighted by molar-refractivity contribution is 7.98. The summed E-state index contributed by atoms with van der Waals surface area (Å²) in [6, 6.07) is 0.650. The molecule has 0 unspecified atom stereocenters. The van der Waals surface area contributed by atoms with Crippen molar-refractivity contribution in [3.8, 4) is 0 Å². The highest BCUT2D eigenvalue weighted by atomic mass is 32.2. The van der Waals surface area contributed by atoms with Crippen LogP contribution in [0.25, 0.3) is 0 Å². The molecule has 1 heterocycles. The summed E-state index contributed by atoms with van der Waals surface area (Å²) >= 11 is 1.87. The van der Waals surface area contributed by atoms with E-state index < -0.39 is 0 Å². The highest BCUT2D eigenvalue weighted by Gasteiger charge is 2.15. The zero-order valence-corrected chi connectivity index (χ0v) is 6.54. The molecular weight excluding hydrogens is 134 g/mol. The van der Waals surface area contributed by atoms with Crippen LogP contribution in [0.4, 0.5) is 0 Å². The average Bonchev–Trinajstić information content (AvgIpc) is 1.76. The van der Waals surface area contributed by atoms with Crippen molar-refractivity contribution < 1.29 is 4.74 Å². The van der Waals surface area contributed by atoms with Crippen molar-refractivity contribution in [1.82, 2.24) is 5.32 Å². The van der Waals surface area contributed by atoms with Gasteiger partial charge in [0.1, 0.15) is 0 Å². The van der Waals surface area contributed by atoms with E-state index in [0.29, 0.717) is 6.04 Å². The Hall–Kier alpha value is 0.270. The smallest absolute Gasteiger partial charge is 0.0643 e. The van der Waals surface area contributed by atoms with Gasteiger partial charge in [0.25, 0.3) is 0 Å². The van der Waals surface area contributed by atoms with E-state index in [1.165, 1.54) is 5.75 Å². The molecule has 1 fully saturated rings. The lowest BCUT2D eigenvalue weighted by atomic mass is 10.3. The van der Waals surface area contributed by atoms with Gasteiger partial charge in [-0.25, -0.2) is 0 Å². The Balaban J connectivity index is 1.80. The Morgan fingerprint density at radius 2 is 2.44 bits per heavy atom. The second-order valence-corrected chi connectivity index (χ2v) is 3.17. The first-order chi connectivity index (χ1) is 4.43. The topological polar surface area (TPSA) is 21.3 Å². The lowest BCUT2D eigenvalue weighted by Crippen LogP contribution is -2.46. The summed E-state index contributed by atoms with van der Waals surface area (Å²) in [7, 11) is 0. The van der Waals surface area contributed by atoms with Gasteiger partial charge in [0.2, 0.25) is 0 Å². The van der Waals surface area contributed by atoms with Gasteiger partial charge in [0, 0.05) is 12.3 Å². The number of nitrogens with one attached hydrogen (secondary N) is 1. The summed E-state index contributed by atoms with van der Waals surface area (Å²) in [5.41, 5.74) is 0. The van der Waals surface area contributed by atoms with Gasteiger partial charge in [-0.2, -0.15) is 11.8 Å². The molecule has 1 aliphatic rings. The molecule has 0 bridgehead atoms. The summed E-state index contributed by atoms with van der Waals surface area (Å²) in [4.78, 5) is 0. The first kappa shape index (κ1) is 7.38. The minimum Gasteiger partial charge on any atom is -0.378 e. The van der Waals surface area contributed by atoms with Crippen LogP contribution in [0.3, 0.4) is 0 Å². The van der Waals surface area contributed by atoms with E-state index in [0.717, 1.165) is 19.8 Å². The molecule has 3 heteroatoms. The zero-order valence-electron chi connectivity index (χ0n) is 5.72. The largest absolute Gasteiger partial charge is 0.378 e. The Kier molecular flexibility index (Phi) is 3.40. The molecule has 0 radical (unpaired) electrons. The van der Waals surface area contributed by atoms with E-state index in [1.807, 2.05) is 11.8 Å². The molecule has 0 aromatic rings. The minimum absolute atomic E-state index is 0.650. The van der Waals surface area contributed by atoms with Gasteiger partial charge in [-0.05, 0) is 6.26 Å². The Bertz CT molecular complexity index is 75.5. The molecule has 0 atom stereocenters. The molecular formula is C6H13NOS. The zero-order chi connectivity index (χ0) is 6.53. The van der Waals surface area contributed by atoms with Crippen LogP contribution in [-0.4, -0.2) is 37.8 Å². The predicted molar refractivity (Wildman–Crippen MR) is 41.0 cm³/mol. The third kappa shape index (κ3) is 2.56. The highest BCUT2D eigenvalue weighted by Crippen LogP contribution is 1.99. The average molecular weight is 147 g/mol. The molecule has 1 rings (SSSR count). The molecule has 0 aliphatic carbocycles. The molecule has 0 amide bonds. The van der Waals surface area contributed by atoms with Gasteiger partial charge in [0.05, 0.1) is 19.3 Å². The van der Waals surface area contributed by atoms with Crippen LogP contribution < -0.4 is 5.32 Å². The monoisotopic (exact) mass is 147 g/mol. The van der Waals surface area contributed by atoms with Crippen LogP contribution in [0.5, 0.6) is 0 Å². The lowest BCUT2D eigenvalue weighted by molar-refractivity contribution is -0.00406. The predicted octanol–water partition coefficient (Wildman–Crippen LogP) is 0.338. The van der Waals surface area contributed by atoms with Crippen molar-refractivity contribution in [3.63, 3.8) is 0 Å². The van der Waals surface area contributed by atoms with Crippen LogP contribution in [0.15, 0.2) is 0 Å². The first-order valence-electron chi connectivity index (χ1n) is 3.23. The fraction of sp³-hybridized carbons (Fsp3) is 1.00. The molecule has 1 aliphatic heterocycles. The number of hydrogen-bond donors (Lipinski definition) is 1. The second kappa shape index (κ2) is 4.14. The molecule has 1 N–H and O–H groups in total. The van der Waals surface area contributed by atoms with E-state index in [-0.39, 0.29) is 0 Å². The molecule has 54 valence electrons. The molecule has 2 nitrogen and oxygen atoms in total. The lowest BCUT2D eigenvalue weighted by Gasteiger charge is -2.26. The quantitative estimate of drug-likeness (QED) is 0.579. The Labute approximate surface area is 60.3 Å². The van der Waals surface area contributed by atoms with Gasteiger partial charge in [-0.3, -0.25) is 0 Å². The third-order valence-electron chi connectivity index (χ3n) is 1.38. The Morgan fingerprint density at radius 1 is 1.67 bits per heavy atom. The maximum atomic E-state index is 5.00. The van der Waals surface area contributed by atoms with Crippen LogP contribution in [0.2, 0.25) is 0 Å². The van der Waals surface area contributed by atoms with E-state index in [1.54, 1.807) is 0 Å². The first-order valence-corrected chi connectivity index (χ1v) is 4.63. The van der Waals surface area contributed by atoms with Crippen molar-refractivity contribution in [2.75, 3.05) is 31.8 Å². The standard InChI is InChI=1S/C6H13NOS/c1-9-3-2-7-6-4-8-5-6/h6-7H,2-5H2,1H3. The van der Waals surface area contributed by atoms with Crippen LogP contribution in [0.1, 0.15) is 0 Å². The number of ether oxygens (including phenoxy) is 1. The summed E-state index contributed by atoms with van der Waals surface area (Å²) in [5, 5.41) is 3.37. The fourth-order valence-corrected chi connectivity index (χ4v) is 1.04. The van der Waals surface area contributed by atoms with Crippen LogP contribution in [-0.2, 0) is 4.74 Å².